The number of hydrogen-bond donors (Lipinski definition) is 0. The Bertz CT molecular complexity index is 1280. The maximum Gasteiger partial charge on any atom is 0.315 e. The molecule has 0 aliphatic heterocycles. The molecule has 4 rings (SSSR count). The molecule has 0 spiro atoms. The Labute approximate surface area is 160 Å². The summed E-state index contributed by atoms with van der Waals surface area (Å²) in [5.41, 5.74) is 1.13. The van der Waals surface area contributed by atoms with E-state index in [-0.39, 0.29) is 11.2 Å². The molecule has 0 aliphatic rings. The number of rotatable bonds is 2. The van der Waals surface area contributed by atoms with Crippen LogP contribution >= 0.6 is 27.3 Å². The number of benzene rings is 2. The van der Waals surface area contributed by atoms with Crippen LogP contribution in [0.5, 0.6) is 0 Å². The number of hydrogen-bond acceptors (Lipinski definition) is 4. The van der Waals surface area contributed by atoms with Gasteiger partial charge in [-0.15, -0.1) is 0 Å². The summed E-state index contributed by atoms with van der Waals surface area (Å²) in [6.07, 6.45) is 0. The molecule has 130 valence electrons. The van der Waals surface area contributed by atoms with Gasteiger partial charge in [-0.3, -0.25) is 9.59 Å². The van der Waals surface area contributed by atoms with E-state index < -0.39 is 5.91 Å². The van der Waals surface area contributed by atoms with Crippen LogP contribution in [0.4, 0.5) is 0 Å². The highest BCUT2D eigenvalue weighted by atomic mass is 79.9. The predicted molar refractivity (Wildman–Crippen MR) is 106 cm³/mol. The first-order valence-corrected chi connectivity index (χ1v) is 9.58. The molecule has 4 aromatic rings. The molecule has 2 aromatic heterocycles. The zero-order chi connectivity index (χ0) is 18.3. The summed E-state index contributed by atoms with van der Waals surface area (Å²) in [5, 5.41) is 0.444. The van der Waals surface area contributed by atoms with E-state index in [4.69, 9.17) is 4.42 Å². The van der Waals surface area contributed by atoms with E-state index in [1.807, 2.05) is 29.7 Å². The molecule has 0 N–H and O–H groups in total. The van der Waals surface area contributed by atoms with Crippen molar-refractivity contribution in [2.45, 2.75) is 13.5 Å². The lowest BCUT2D eigenvalue weighted by Crippen LogP contribution is -2.16. The largest absolute Gasteiger partial charge is 0.451 e. The Kier molecular flexibility index (Phi) is 4.34. The highest BCUT2D eigenvalue weighted by Gasteiger charge is 2.13. The van der Waals surface area contributed by atoms with E-state index in [2.05, 4.69) is 20.9 Å². The van der Waals surface area contributed by atoms with E-state index in [0.29, 0.717) is 22.3 Å². The molecular formula is C19H13BrN2O3S. The van der Waals surface area contributed by atoms with Crippen molar-refractivity contribution in [3.8, 4) is 0 Å². The van der Waals surface area contributed by atoms with Gasteiger partial charge in [0.15, 0.2) is 16.0 Å². The molecule has 0 atom stereocenters. The summed E-state index contributed by atoms with van der Waals surface area (Å²) < 4.78 is 9.54. The molecule has 0 radical (unpaired) electrons. The predicted octanol–water partition coefficient (Wildman–Crippen LogP) is 4.33. The first kappa shape index (κ1) is 16.9. The van der Waals surface area contributed by atoms with Crippen LogP contribution in [-0.4, -0.2) is 10.5 Å². The summed E-state index contributed by atoms with van der Waals surface area (Å²) >= 11 is 4.88. The summed E-state index contributed by atoms with van der Waals surface area (Å²) in [5.74, 6) is -0.629. The first-order chi connectivity index (χ1) is 12.6. The molecule has 2 heterocycles. The van der Waals surface area contributed by atoms with Crippen LogP contribution in [0.15, 0.2) is 67.2 Å². The van der Waals surface area contributed by atoms with Gasteiger partial charge < -0.3 is 8.98 Å². The third-order valence-electron chi connectivity index (χ3n) is 4.00. The number of carbonyl (C=O) groups is 1. The van der Waals surface area contributed by atoms with Crippen LogP contribution in [0, 0.1) is 0 Å². The molecule has 2 aromatic carbocycles. The normalized spacial score (nSPS) is 12.2. The zero-order valence-corrected chi connectivity index (χ0v) is 16.1. The van der Waals surface area contributed by atoms with E-state index in [1.165, 1.54) is 17.4 Å². The number of para-hydroxylation sites is 1. The van der Waals surface area contributed by atoms with Crippen molar-refractivity contribution >= 4 is 54.4 Å². The van der Waals surface area contributed by atoms with Crippen LogP contribution < -0.4 is 10.2 Å². The van der Waals surface area contributed by atoms with Crippen LogP contribution in [0.3, 0.4) is 0 Å². The van der Waals surface area contributed by atoms with Gasteiger partial charge in [0.1, 0.15) is 5.58 Å². The number of fused-ring (bicyclic) bond motifs is 2. The van der Waals surface area contributed by atoms with Crippen molar-refractivity contribution in [3.63, 3.8) is 0 Å². The second-order valence-electron chi connectivity index (χ2n) is 5.63. The van der Waals surface area contributed by atoms with E-state index in [0.717, 1.165) is 14.7 Å². The third kappa shape index (κ3) is 2.93. The van der Waals surface area contributed by atoms with Crippen molar-refractivity contribution in [1.29, 1.82) is 0 Å². The van der Waals surface area contributed by atoms with Crippen LogP contribution in [0.1, 0.15) is 17.5 Å². The van der Waals surface area contributed by atoms with Gasteiger partial charge >= 0.3 is 5.91 Å². The number of carbonyl (C=O) groups excluding carboxylic acids is 1. The van der Waals surface area contributed by atoms with Crippen LogP contribution in [0.25, 0.3) is 21.2 Å². The van der Waals surface area contributed by atoms with Crippen molar-refractivity contribution in [1.82, 2.24) is 4.57 Å². The molecule has 5 nitrogen and oxygen atoms in total. The van der Waals surface area contributed by atoms with Gasteiger partial charge in [0, 0.05) is 17.1 Å². The molecule has 0 saturated carbocycles. The number of aryl methyl sites for hydroxylation is 1. The van der Waals surface area contributed by atoms with Crippen LogP contribution in [0.2, 0.25) is 0 Å². The van der Waals surface area contributed by atoms with Crippen molar-refractivity contribution in [3.05, 3.63) is 73.8 Å². The number of nitrogens with zero attached hydrogens (tertiary/aromatic N) is 2. The van der Waals surface area contributed by atoms with Gasteiger partial charge in [-0.2, -0.15) is 4.99 Å². The molecule has 7 heteroatoms. The fourth-order valence-electron chi connectivity index (χ4n) is 2.79. The molecule has 0 fully saturated rings. The van der Waals surface area contributed by atoms with Crippen LogP contribution in [-0.2, 0) is 6.54 Å². The minimum Gasteiger partial charge on any atom is -0.451 e. The second kappa shape index (κ2) is 6.66. The minimum atomic E-state index is -0.569. The smallest absolute Gasteiger partial charge is 0.315 e. The third-order valence-corrected chi connectivity index (χ3v) is 5.54. The number of halogens is 1. The SMILES string of the molecule is CCn1c(=NC(=O)c2cc(=O)c3ccccc3o2)sc2cc(Br)ccc21. The van der Waals surface area contributed by atoms with Gasteiger partial charge in [-0.1, -0.05) is 39.4 Å². The van der Waals surface area contributed by atoms with Gasteiger partial charge in [0.25, 0.3) is 0 Å². The lowest BCUT2D eigenvalue weighted by molar-refractivity contribution is 0.0972. The Morgan fingerprint density at radius 1 is 1.23 bits per heavy atom. The van der Waals surface area contributed by atoms with Gasteiger partial charge in [-0.05, 0) is 37.3 Å². The molecule has 1 amide bonds. The fourth-order valence-corrected chi connectivity index (χ4v) is 4.43. The molecular weight excluding hydrogens is 416 g/mol. The van der Waals surface area contributed by atoms with E-state index in [1.54, 1.807) is 24.3 Å². The standard InChI is InChI=1S/C19H13BrN2O3S/c1-2-22-13-8-7-11(20)9-17(13)26-19(22)21-18(24)16-10-14(23)12-5-3-4-6-15(12)25-16/h3-10H,2H2,1H3. The summed E-state index contributed by atoms with van der Waals surface area (Å²) in [6.45, 7) is 2.67. The van der Waals surface area contributed by atoms with Gasteiger partial charge in [-0.25, -0.2) is 0 Å². The highest BCUT2D eigenvalue weighted by Crippen LogP contribution is 2.22. The Morgan fingerprint density at radius 2 is 2.04 bits per heavy atom. The summed E-state index contributed by atoms with van der Waals surface area (Å²) in [7, 11) is 0. The monoisotopic (exact) mass is 428 g/mol. The van der Waals surface area contributed by atoms with Crippen molar-refractivity contribution in [2.24, 2.45) is 4.99 Å². The van der Waals surface area contributed by atoms with Crippen molar-refractivity contribution in [2.75, 3.05) is 0 Å². The highest BCUT2D eigenvalue weighted by molar-refractivity contribution is 9.10. The minimum absolute atomic E-state index is 0.0602. The molecule has 26 heavy (non-hydrogen) atoms. The summed E-state index contributed by atoms with van der Waals surface area (Å²) in [4.78, 5) is 29.6. The zero-order valence-electron chi connectivity index (χ0n) is 13.7. The average Bonchev–Trinajstić information content (AvgIpc) is 2.97. The number of aromatic nitrogens is 1. The molecule has 0 aliphatic carbocycles. The first-order valence-electron chi connectivity index (χ1n) is 7.97. The molecule has 0 unspecified atom stereocenters. The number of thiazole rings is 1. The van der Waals surface area contributed by atoms with Gasteiger partial charge in [0.2, 0.25) is 0 Å². The molecule has 0 saturated heterocycles. The van der Waals surface area contributed by atoms with E-state index in [9.17, 15) is 9.59 Å². The fraction of sp³-hybridized carbons (Fsp3) is 0.105. The Morgan fingerprint density at radius 3 is 2.85 bits per heavy atom. The topological polar surface area (TPSA) is 64.6 Å². The lowest BCUT2D eigenvalue weighted by Gasteiger charge is -2.01. The van der Waals surface area contributed by atoms with Gasteiger partial charge in [0.05, 0.1) is 15.6 Å². The molecule has 0 bridgehead atoms. The Hall–Kier alpha value is -2.51. The number of amides is 1. The lowest BCUT2D eigenvalue weighted by atomic mass is 10.2. The van der Waals surface area contributed by atoms with E-state index >= 15 is 0 Å². The Balaban J connectivity index is 1.87. The average molecular weight is 429 g/mol. The second-order valence-corrected chi connectivity index (χ2v) is 7.55. The quantitative estimate of drug-likeness (QED) is 0.477. The van der Waals surface area contributed by atoms with Crippen molar-refractivity contribution < 1.29 is 9.21 Å². The maximum atomic E-state index is 12.6. The maximum absolute atomic E-state index is 12.6. The summed E-state index contributed by atoms with van der Waals surface area (Å²) in [6, 6.07) is 14.0.